The highest BCUT2D eigenvalue weighted by atomic mass is 35.5. The van der Waals surface area contributed by atoms with Crippen molar-refractivity contribution in [2.75, 3.05) is 31.1 Å². The van der Waals surface area contributed by atoms with Gasteiger partial charge in [-0.2, -0.15) is 5.26 Å². The maximum absolute atomic E-state index is 9.13. The molecule has 1 aliphatic carbocycles. The van der Waals surface area contributed by atoms with Crippen molar-refractivity contribution in [2.45, 2.75) is 33.1 Å². The van der Waals surface area contributed by atoms with E-state index in [1.165, 1.54) is 23.4 Å². The van der Waals surface area contributed by atoms with Gasteiger partial charge in [0, 0.05) is 48.5 Å². The molecule has 0 N–H and O–H groups in total. The first kappa shape index (κ1) is 22.2. The second-order valence-electron chi connectivity index (χ2n) is 8.29. The van der Waals surface area contributed by atoms with Crippen LogP contribution >= 0.6 is 11.6 Å². The van der Waals surface area contributed by atoms with Crippen LogP contribution in [0.15, 0.2) is 60.8 Å². The van der Waals surface area contributed by atoms with E-state index in [1.54, 1.807) is 0 Å². The van der Waals surface area contributed by atoms with E-state index >= 15 is 0 Å². The third-order valence-corrected chi connectivity index (χ3v) is 6.28. The Morgan fingerprint density at radius 2 is 1.80 bits per heavy atom. The third kappa shape index (κ3) is 5.80. The number of halogens is 1. The molecule has 0 aromatic heterocycles. The van der Waals surface area contributed by atoms with Crippen LogP contribution in [0.1, 0.15) is 37.8 Å². The van der Waals surface area contributed by atoms with E-state index in [-0.39, 0.29) is 0 Å². The van der Waals surface area contributed by atoms with E-state index in [4.69, 9.17) is 16.9 Å². The molecule has 1 saturated carbocycles. The van der Waals surface area contributed by atoms with Crippen LogP contribution in [-0.2, 0) is 6.42 Å². The molecule has 0 amide bonds. The van der Waals surface area contributed by atoms with Gasteiger partial charge in [0.15, 0.2) is 0 Å². The molecule has 3 nitrogen and oxygen atoms in total. The molecule has 0 radical (unpaired) electrons. The van der Waals surface area contributed by atoms with E-state index in [1.807, 2.05) is 36.4 Å². The molecule has 158 valence electrons. The summed E-state index contributed by atoms with van der Waals surface area (Å²) >= 11 is 5.54. The predicted octanol–water partition coefficient (Wildman–Crippen LogP) is 6.14. The summed E-state index contributed by atoms with van der Waals surface area (Å²) < 4.78 is 0. The van der Waals surface area contributed by atoms with Gasteiger partial charge in [-0.15, -0.1) is 0 Å². The van der Waals surface area contributed by atoms with Crippen LogP contribution in [0.5, 0.6) is 0 Å². The third-order valence-electron chi connectivity index (χ3n) is 6.03. The predicted molar refractivity (Wildman–Crippen MR) is 127 cm³/mol. The zero-order valence-corrected chi connectivity index (χ0v) is 18.9. The lowest BCUT2D eigenvalue weighted by Crippen LogP contribution is -2.46. The maximum atomic E-state index is 9.13. The number of anilines is 1. The van der Waals surface area contributed by atoms with Gasteiger partial charge in [0.25, 0.3) is 0 Å². The minimum atomic E-state index is 0.729. The zero-order chi connectivity index (χ0) is 21.5. The summed E-state index contributed by atoms with van der Waals surface area (Å²) in [4.78, 5) is 4.96. The van der Waals surface area contributed by atoms with Gasteiger partial charge in [0.1, 0.15) is 0 Å². The highest BCUT2D eigenvalue weighted by Crippen LogP contribution is 2.44. The molecule has 2 aromatic rings. The molecule has 1 saturated heterocycles. The second kappa shape index (κ2) is 10.5. The molecule has 1 heterocycles. The molecule has 0 spiro atoms. The Bertz CT molecular complexity index is 879. The Hall–Kier alpha value is -2.44. The van der Waals surface area contributed by atoms with Gasteiger partial charge < -0.3 is 9.80 Å². The summed E-state index contributed by atoms with van der Waals surface area (Å²) in [6.45, 7) is 13.1. The molecule has 2 aliphatic rings. The van der Waals surface area contributed by atoms with E-state index in [9.17, 15) is 0 Å². The van der Waals surface area contributed by atoms with Gasteiger partial charge in [0.2, 0.25) is 0 Å². The van der Waals surface area contributed by atoms with Crippen LogP contribution in [0.25, 0.3) is 0 Å². The van der Waals surface area contributed by atoms with Crippen LogP contribution in [0.4, 0.5) is 5.69 Å². The molecular formula is C26H32ClN3. The molecule has 2 unspecified atom stereocenters. The van der Waals surface area contributed by atoms with Crippen LogP contribution in [-0.4, -0.2) is 31.1 Å². The lowest BCUT2D eigenvalue weighted by Gasteiger charge is -2.39. The zero-order valence-electron chi connectivity index (χ0n) is 18.1. The standard InChI is InChI=1S/C20H27N3.C6H5Cl/c1-4-5-18-13-17(14-21)6-7-20(18)23-10-8-22(9-11-23)16(3)19-12-15(19)2;7-6-4-2-1-3-5-6/h6-7,13,15,19H,3-5,8-12H2,1-2H3;1-5H. The Morgan fingerprint density at radius 3 is 2.30 bits per heavy atom. The number of rotatable bonds is 5. The summed E-state index contributed by atoms with van der Waals surface area (Å²) in [5, 5.41) is 9.92. The number of nitrogens with zero attached hydrogens (tertiary/aromatic N) is 3. The van der Waals surface area contributed by atoms with Crippen molar-refractivity contribution in [1.29, 1.82) is 5.26 Å². The smallest absolute Gasteiger partial charge is 0.0991 e. The molecular weight excluding hydrogens is 390 g/mol. The van der Waals surface area contributed by atoms with Gasteiger partial charge in [-0.3, -0.25) is 0 Å². The Balaban J connectivity index is 0.000000310. The SMILES string of the molecule is C=C(C1CC1C)N1CCN(c2ccc(C#N)cc2CCC)CC1.Clc1ccccc1. The molecule has 1 aliphatic heterocycles. The fourth-order valence-corrected chi connectivity index (χ4v) is 4.25. The average Bonchev–Trinajstić information content (AvgIpc) is 3.51. The number of benzene rings is 2. The van der Waals surface area contributed by atoms with E-state index < -0.39 is 0 Å². The monoisotopic (exact) mass is 421 g/mol. The first-order valence-corrected chi connectivity index (χ1v) is 11.3. The highest BCUT2D eigenvalue weighted by Gasteiger charge is 2.37. The van der Waals surface area contributed by atoms with Crippen LogP contribution in [0.2, 0.25) is 5.02 Å². The molecule has 4 heteroatoms. The highest BCUT2D eigenvalue weighted by molar-refractivity contribution is 6.30. The molecule has 0 bridgehead atoms. The van der Waals surface area contributed by atoms with Crippen molar-refractivity contribution in [1.82, 2.24) is 4.90 Å². The Kier molecular flexibility index (Phi) is 7.82. The summed E-state index contributed by atoms with van der Waals surface area (Å²) in [5.41, 5.74) is 4.75. The van der Waals surface area contributed by atoms with E-state index in [0.717, 1.165) is 61.4 Å². The first-order chi connectivity index (χ1) is 14.5. The first-order valence-electron chi connectivity index (χ1n) is 11.0. The van der Waals surface area contributed by atoms with Gasteiger partial charge >= 0.3 is 0 Å². The van der Waals surface area contributed by atoms with E-state index in [2.05, 4.69) is 48.4 Å². The average molecular weight is 422 g/mol. The van der Waals surface area contributed by atoms with Crippen molar-refractivity contribution in [3.05, 3.63) is 77.0 Å². The van der Waals surface area contributed by atoms with Crippen molar-refractivity contribution in [3.8, 4) is 6.07 Å². The lowest BCUT2D eigenvalue weighted by molar-refractivity contribution is 0.305. The van der Waals surface area contributed by atoms with Crippen molar-refractivity contribution in [2.24, 2.45) is 11.8 Å². The second-order valence-corrected chi connectivity index (χ2v) is 8.72. The van der Waals surface area contributed by atoms with Gasteiger partial charge in [0.05, 0.1) is 11.6 Å². The number of aryl methyl sites for hydroxylation is 1. The van der Waals surface area contributed by atoms with Crippen molar-refractivity contribution >= 4 is 17.3 Å². The normalized spacial score (nSPS) is 20.1. The topological polar surface area (TPSA) is 30.3 Å². The van der Waals surface area contributed by atoms with Crippen LogP contribution < -0.4 is 4.90 Å². The fourth-order valence-electron chi connectivity index (χ4n) is 4.10. The Labute approximate surface area is 186 Å². The number of allylic oxidation sites excluding steroid dienone is 1. The molecule has 2 fully saturated rings. The van der Waals surface area contributed by atoms with Crippen LogP contribution in [0.3, 0.4) is 0 Å². The summed E-state index contributed by atoms with van der Waals surface area (Å²) in [7, 11) is 0. The number of nitriles is 1. The maximum Gasteiger partial charge on any atom is 0.0991 e. The minimum absolute atomic E-state index is 0.729. The van der Waals surface area contributed by atoms with Crippen molar-refractivity contribution < 1.29 is 0 Å². The van der Waals surface area contributed by atoms with E-state index in [0.29, 0.717) is 0 Å². The number of piperazine rings is 1. The molecule has 30 heavy (non-hydrogen) atoms. The lowest BCUT2D eigenvalue weighted by atomic mass is 10.0. The molecule has 4 rings (SSSR count). The van der Waals surface area contributed by atoms with Crippen molar-refractivity contribution in [3.63, 3.8) is 0 Å². The largest absolute Gasteiger partial charge is 0.372 e. The molecule has 2 aromatic carbocycles. The fraction of sp³-hybridized carbons (Fsp3) is 0.423. The van der Waals surface area contributed by atoms with Crippen LogP contribution in [0, 0.1) is 23.2 Å². The van der Waals surface area contributed by atoms with Gasteiger partial charge in [-0.05, 0) is 54.7 Å². The number of hydrogen-bond donors (Lipinski definition) is 0. The minimum Gasteiger partial charge on any atom is -0.372 e. The van der Waals surface area contributed by atoms with Gasteiger partial charge in [-0.1, -0.05) is 56.6 Å². The summed E-state index contributed by atoms with van der Waals surface area (Å²) in [6, 6.07) is 17.9. The summed E-state index contributed by atoms with van der Waals surface area (Å²) in [6.07, 6.45) is 3.46. The molecule has 2 atom stereocenters. The number of hydrogen-bond acceptors (Lipinski definition) is 3. The summed E-state index contributed by atoms with van der Waals surface area (Å²) in [5.74, 6) is 1.56. The quantitative estimate of drug-likeness (QED) is 0.580. The Morgan fingerprint density at radius 1 is 1.13 bits per heavy atom. The van der Waals surface area contributed by atoms with Gasteiger partial charge in [-0.25, -0.2) is 0 Å².